The standard InChI is InChI=1S/C27H21N3O5/c31-24-10-8-21(25(32)29-24)30-14-17-11-15(5-7-19(17)27(30)34)13-28-26(33)23-12-20-18-4-2-1-3-16(18)6-9-22(20)35-23/h1-7,9,11-12,21H,8,10,13-14H2,(H,28,33)(H,29,31,32). The van der Waals surface area contributed by atoms with E-state index in [2.05, 4.69) is 10.6 Å². The predicted octanol–water partition coefficient (Wildman–Crippen LogP) is 3.28. The summed E-state index contributed by atoms with van der Waals surface area (Å²) in [4.78, 5) is 50.8. The topological polar surface area (TPSA) is 109 Å². The van der Waals surface area contributed by atoms with Crippen molar-refractivity contribution in [1.29, 1.82) is 0 Å². The second-order valence-electron chi connectivity index (χ2n) is 8.88. The minimum atomic E-state index is -0.653. The van der Waals surface area contributed by atoms with Gasteiger partial charge in [-0.15, -0.1) is 0 Å². The van der Waals surface area contributed by atoms with Gasteiger partial charge in [0.15, 0.2) is 5.76 Å². The van der Waals surface area contributed by atoms with Gasteiger partial charge in [-0.1, -0.05) is 42.5 Å². The minimum absolute atomic E-state index is 0.214. The van der Waals surface area contributed by atoms with Crippen LogP contribution in [0.2, 0.25) is 0 Å². The molecule has 8 nitrogen and oxygen atoms in total. The van der Waals surface area contributed by atoms with Gasteiger partial charge in [-0.2, -0.15) is 0 Å². The molecular weight excluding hydrogens is 446 g/mol. The molecule has 4 amide bonds. The average Bonchev–Trinajstić information content (AvgIpc) is 3.44. The van der Waals surface area contributed by atoms with Crippen LogP contribution in [-0.2, 0) is 22.7 Å². The van der Waals surface area contributed by atoms with Crippen molar-refractivity contribution in [2.24, 2.45) is 0 Å². The molecule has 3 heterocycles. The molecule has 174 valence electrons. The van der Waals surface area contributed by atoms with E-state index in [4.69, 9.17) is 4.42 Å². The lowest BCUT2D eigenvalue weighted by Gasteiger charge is -2.29. The Morgan fingerprint density at radius 3 is 2.74 bits per heavy atom. The quantitative estimate of drug-likeness (QED) is 0.448. The second-order valence-corrected chi connectivity index (χ2v) is 8.88. The summed E-state index contributed by atoms with van der Waals surface area (Å²) in [6, 6.07) is 18.2. The van der Waals surface area contributed by atoms with E-state index in [1.807, 2.05) is 42.5 Å². The lowest BCUT2D eigenvalue weighted by atomic mass is 10.0. The van der Waals surface area contributed by atoms with Crippen molar-refractivity contribution < 1.29 is 23.6 Å². The summed E-state index contributed by atoms with van der Waals surface area (Å²) >= 11 is 0. The van der Waals surface area contributed by atoms with Crippen LogP contribution in [0.3, 0.4) is 0 Å². The number of carbonyl (C=O) groups excluding carboxylic acids is 4. The van der Waals surface area contributed by atoms with Gasteiger partial charge < -0.3 is 14.6 Å². The number of imide groups is 1. The normalized spacial score (nSPS) is 17.7. The van der Waals surface area contributed by atoms with Gasteiger partial charge in [0.25, 0.3) is 11.8 Å². The third kappa shape index (κ3) is 3.63. The van der Waals surface area contributed by atoms with E-state index < -0.39 is 11.9 Å². The van der Waals surface area contributed by atoms with Gasteiger partial charge in [-0.25, -0.2) is 0 Å². The maximum Gasteiger partial charge on any atom is 0.287 e. The molecule has 0 spiro atoms. The molecule has 1 unspecified atom stereocenters. The molecule has 35 heavy (non-hydrogen) atoms. The van der Waals surface area contributed by atoms with E-state index in [9.17, 15) is 19.2 Å². The van der Waals surface area contributed by atoms with Gasteiger partial charge in [0.1, 0.15) is 11.6 Å². The molecular formula is C27H21N3O5. The number of nitrogens with zero attached hydrogens (tertiary/aromatic N) is 1. The third-order valence-corrected chi connectivity index (χ3v) is 6.69. The van der Waals surface area contributed by atoms with Crippen molar-refractivity contribution >= 4 is 45.4 Å². The average molecular weight is 467 g/mol. The highest BCUT2D eigenvalue weighted by atomic mass is 16.3. The summed E-state index contributed by atoms with van der Waals surface area (Å²) in [5, 5.41) is 8.17. The van der Waals surface area contributed by atoms with Crippen LogP contribution in [0.25, 0.3) is 21.7 Å². The van der Waals surface area contributed by atoms with Crippen LogP contribution in [0.5, 0.6) is 0 Å². The number of benzene rings is 3. The zero-order valence-electron chi connectivity index (χ0n) is 18.7. The first kappa shape index (κ1) is 21.1. The maximum absolute atomic E-state index is 12.8. The molecule has 2 aliphatic heterocycles. The smallest absolute Gasteiger partial charge is 0.287 e. The van der Waals surface area contributed by atoms with Gasteiger partial charge in [-0.05, 0) is 46.5 Å². The van der Waals surface area contributed by atoms with Crippen molar-refractivity contribution in [3.8, 4) is 0 Å². The number of carbonyl (C=O) groups is 4. The molecule has 3 aromatic carbocycles. The monoisotopic (exact) mass is 467 g/mol. The number of furan rings is 1. The molecule has 1 fully saturated rings. The summed E-state index contributed by atoms with van der Waals surface area (Å²) < 4.78 is 5.79. The first-order chi connectivity index (χ1) is 17.0. The molecule has 8 heteroatoms. The Bertz CT molecular complexity index is 1550. The molecule has 0 saturated carbocycles. The van der Waals surface area contributed by atoms with Crippen LogP contribution in [0.15, 0.2) is 65.1 Å². The van der Waals surface area contributed by atoms with E-state index in [1.165, 1.54) is 4.90 Å². The molecule has 1 aromatic heterocycles. The molecule has 1 atom stereocenters. The Morgan fingerprint density at radius 2 is 1.89 bits per heavy atom. The fourth-order valence-corrected chi connectivity index (χ4v) is 4.91. The summed E-state index contributed by atoms with van der Waals surface area (Å²) in [6.45, 7) is 0.551. The minimum Gasteiger partial charge on any atom is -0.451 e. The first-order valence-electron chi connectivity index (χ1n) is 11.4. The number of rotatable bonds is 4. The molecule has 4 aromatic rings. The van der Waals surface area contributed by atoms with Crippen LogP contribution in [0, 0.1) is 0 Å². The predicted molar refractivity (Wildman–Crippen MR) is 127 cm³/mol. The number of hydrogen-bond acceptors (Lipinski definition) is 5. The van der Waals surface area contributed by atoms with Gasteiger partial charge in [0.05, 0.1) is 0 Å². The molecule has 0 aliphatic carbocycles. The molecule has 0 bridgehead atoms. The highest BCUT2D eigenvalue weighted by Crippen LogP contribution is 2.29. The Kier molecular flexibility index (Phi) is 4.88. The molecule has 6 rings (SSSR count). The highest BCUT2D eigenvalue weighted by Gasteiger charge is 2.39. The number of hydrogen-bond donors (Lipinski definition) is 2. The zero-order valence-corrected chi connectivity index (χ0v) is 18.7. The maximum atomic E-state index is 12.8. The summed E-state index contributed by atoms with van der Waals surface area (Å²) in [5.41, 5.74) is 2.81. The van der Waals surface area contributed by atoms with Crippen molar-refractivity contribution in [2.75, 3.05) is 0 Å². The SMILES string of the molecule is O=C1CCC(N2Cc3cc(CNC(=O)c4cc5c(ccc6ccccc65)o4)ccc3C2=O)C(=O)N1. The fraction of sp³-hybridized carbons (Fsp3) is 0.185. The summed E-state index contributed by atoms with van der Waals surface area (Å²) in [7, 11) is 0. The van der Waals surface area contributed by atoms with E-state index >= 15 is 0 Å². The summed E-state index contributed by atoms with van der Waals surface area (Å²) in [5.74, 6) is -1.07. The van der Waals surface area contributed by atoms with E-state index in [0.29, 0.717) is 24.1 Å². The lowest BCUT2D eigenvalue weighted by molar-refractivity contribution is -0.136. The fourth-order valence-electron chi connectivity index (χ4n) is 4.91. The second kappa shape index (κ2) is 8.09. The number of nitrogens with one attached hydrogen (secondary N) is 2. The van der Waals surface area contributed by atoms with E-state index in [-0.39, 0.29) is 36.4 Å². The van der Waals surface area contributed by atoms with Crippen LogP contribution >= 0.6 is 0 Å². The Hall–Kier alpha value is -4.46. The van der Waals surface area contributed by atoms with Crippen LogP contribution < -0.4 is 10.6 Å². The molecule has 1 saturated heterocycles. The molecule has 2 N–H and O–H groups in total. The van der Waals surface area contributed by atoms with Gasteiger partial charge in [0.2, 0.25) is 11.8 Å². The number of amides is 4. The number of fused-ring (bicyclic) bond motifs is 4. The zero-order chi connectivity index (χ0) is 24.1. The van der Waals surface area contributed by atoms with Gasteiger partial charge >= 0.3 is 0 Å². The van der Waals surface area contributed by atoms with E-state index in [1.54, 1.807) is 18.2 Å². The Labute approximate surface area is 199 Å². The Morgan fingerprint density at radius 1 is 1.03 bits per heavy atom. The van der Waals surface area contributed by atoms with Crippen molar-refractivity contribution in [3.63, 3.8) is 0 Å². The first-order valence-corrected chi connectivity index (χ1v) is 11.4. The van der Waals surface area contributed by atoms with Crippen LogP contribution in [0.4, 0.5) is 0 Å². The largest absolute Gasteiger partial charge is 0.451 e. The highest BCUT2D eigenvalue weighted by molar-refractivity contribution is 6.08. The van der Waals surface area contributed by atoms with Crippen molar-refractivity contribution in [3.05, 3.63) is 83.1 Å². The molecule has 0 radical (unpaired) electrons. The molecule has 2 aliphatic rings. The van der Waals surface area contributed by atoms with Gasteiger partial charge in [-0.3, -0.25) is 24.5 Å². The van der Waals surface area contributed by atoms with E-state index in [0.717, 1.165) is 27.3 Å². The number of piperidine rings is 1. The van der Waals surface area contributed by atoms with Crippen LogP contribution in [-0.4, -0.2) is 34.6 Å². The Balaban J connectivity index is 1.17. The van der Waals surface area contributed by atoms with Gasteiger partial charge in [0, 0.05) is 30.5 Å². The van der Waals surface area contributed by atoms with Crippen molar-refractivity contribution in [1.82, 2.24) is 15.5 Å². The third-order valence-electron chi connectivity index (χ3n) is 6.69. The van der Waals surface area contributed by atoms with Crippen LogP contribution in [0.1, 0.15) is 44.9 Å². The lowest BCUT2D eigenvalue weighted by Crippen LogP contribution is -2.52. The summed E-state index contributed by atoms with van der Waals surface area (Å²) in [6.07, 6.45) is 0.533. The van der Waals surface area contributed by atoms with Crippen molar-refractivity contribution in [2.45, 2.75) is 32.0 Å².